The number of benzene rings is 1. The normalized spacial score (nSPS) is 13.5. The van der Waals surface area contributed by atoms with Gasteiger partial charge in [-0.1, -0.05) is 6.07 Å². The third-order valence-electron chi connectivity index (χ3n) is 3.71. The van der Waals surface area contributed by atoms with Gasteiger partial charge in [-0.2, -0.15) is 0 Å². The van der Waals surface area contributed by atoms with Crippen LogP contribution in [0, 0.1) is 0 Å². The van der Waals surface area contributed by atoms with Crippen LogP contribution in [-0.2, 0) is 14.4 Å². The third-order valence-corrected chi connectivity index (χ3v) is 4.53. The average molecular weight is 416 g/mol. The summed E-state index contributed by atoms with van der Waals surface area (Å²) in [5.74, 6) is -1.74. The predicted octanol–water partition coefficient (Wildman–Crippen LogP) is 1.06. The number of carboxylic acids is 1. The maximum absolute atomic E-state index is 12.4. The molecule has 0 fully saturated rings. The molecular weight excluding hydrogens is 400 g/mol. The maximum atomic E-state index is 12.4. The zero-order chi connectivity index (χ0) is 20.8. The number of carboxylic acid groups (broad SMARTS) is 1. The molecule has 0 saturated heterocycles. The van der Waals surface area contributed by atoms with Gasteiger partial charge in [0.1, 0.15) is 18.0 Å². The summed E-state index contributed by atoms with van der Waals surface area (Å²) >= 11 is 1.48. The van der Waals surface area contributed by atoms with Gasteiger partial charge in [-0.3, -0.25) is 19.2 Å². The SMILES string of the molecule is O=C(O)CNC(=O)CNC(=O)COc1ccc2c(c1)OC(=Cc1cccs1)C2=O. The van der Waals surface area contributed by atoms with Crippen LogP contribution in [0.1, 0.15) is 15.2 Å². The van der Waals surface area contributed by atoms with Crippen LogP contribution >= 0.6 is 11.3 Å². The number of allylic oxidation sites excluding steroid dienone is 1. The van der Waals surface area contributed by atoms with Crippen LogP contribution < -0.4 is 20.1 Å². The molecule has 1 aromatic heterocycles. The number of amides is 2. The third kappa shape index (κ3) is 5.42. The van der Waals surface area contributed by atoms with E-state index in [1.54, 1.807) is 18.2 Å². The van der Waals surface area contributed by atoms with Crippen LogP contribution in [0.3, 0.4) is 0 Å². The van der Waals surface area contributed by atoms with Gasteiger partial charge < -0.3 is 25.2 Å². The number of fused-ring (bicyclic) bond motifs is 1. The van der Waals surface area contributed by atoms with Crippen molar-refractivity contribution in [2.75, 3.05) is 19.7 Å². The highest BCUT2D eigenvalue weighted by Gasteiger charge is 2.27. The van der Waals surface area contributed by atoms with Crippen molar-refractivity contribution >= 4 is 41.0 Å². The Morgan fingerprint density at radius 2 is 1.93 bits per heavy atom. The lowest BCUT2D eigenvalue weighted by Gasteiger charge is -2.08. The summed E-state index contributed by atoms with van der Waals surface area (Å²) in [6.45, 7) is -1.26. The van der Waals surface area contributed by atoms with Crippen LogP contribution in [0.2, 0.25) is 0 Å². The Kier molecular flexibility index (Phi) is 6.25. The van der Waals surface area contributed by atoms with Crippen molar-refractivity contribution in [3.8, 4) is 11.5 Å². The van der Waals surface area contributed by atoms with E-state index in [1.807, 2.05) is 17.5 Å². The number of carbonyl (C=O) groups is 4. The van der Waals surface area contributed by atoms with Crippen molar-refractivity contribution < 1.29 is 33.8 Å². The molecule has 0 unspecified atom stereocenters. The van der Waals surface area contributed by atoms with E-state index in [-0.39, 0.29) is 24.7 Å². The van der Waals surface area contributed by atoms with Crippen molar-refractivity contribution in [3.05, 3.63) is 51.9 Å². The monoisotopic (exact) mass is 416 g/mol. The van der Waals surface area contributed by atoms with E-state index in [4.69, 9.17) is 14.6 Å². The second kappa shape index (κ2) is 9.02. The van der Waals surface area contributed by atoms with Crippen molar-refractivity contribution in [3.63, 3.8) is 0 Å². The van der Waals surface area contributed by atoms with Crippen molar-refractivity contribution in [1.82, 2.24) is 10.6 Å². The summed E-state index contributed by atoms with van der Waals surface area (Å²) in [7, 11) is 0. The number of hydrogen-bond acceptors (Lipinski definition) is 7. The molecule has 1 aliphatic heterocycles. The molecule has 150 valence electrons. The Labute approximate surface area is 168 Å². The van der Waals surface area contributed by atoms with Gasteiger partial charge in [0.15, 0.2) is 12.4 Å². The van der Waals surface area contributed by atoms with E-state index in [9.17, 15) is 19.2 Å². The van der Waals surface area contributed by atoms with E-state index >= 15 is 0 Å². The molecular formula is C19H16N2O7S. The molecule has 0 atom stereocenters. The lowest BCUT2D eigenvalue weighted by Crippen LogP contribution is -2.40. The lowest BCUT2D eigenvalue weighted by atomic mass is 10.1. The first-order valence-electron chi connectivity index (χ1n) is 8.42. The van der Waals surface area contributed by atoms with E-state index < -0.39 is 24.3 Å². The summed E-state index contributed by atoms with van der Waals surface area (Å²) in [6.07, 6.45) is 1.66. The molecule has 1 aliphatic rings. The highest BCUT2D eigenvalue weighted by molar-refractivity contribution is 7.10. The molecule has 3 N–H and O–H groups in total. The molecule has 29 heavy (non-hydrogen) atoms. The fourth-order valence-corrected chi connectivity index (χ4v) is 3.02. The number of Topliss-reactive ketones (excluding diaryl/α,β-unsaturated/α-hetero) is 1. The van der Waals surface area contributed by atoms with Crippen LogP contribution in [0.5, 0.6) is 11.5 Å². The molecule has 2 amide bonds. The van der Waals surface area contributed by atoms with E-state index in [0.29, 0.717) is 17.1 Å². The fourth-order valence-electron chi connectivity index (χ4n) is 2.38. The molecule has 0 saturated carbocycles. The van der Waals surface area contributed by atoms with Gasteiger partial charge in [-0.25, -0.2) is 0 Å². The zero-order valence-electron chi connectivity index (χ0n) is 15.0. The Bertz CT molecular complexity index is 982. The minimum atomic E-state index is -1.18. The van der Waals surface area contributed by atoms with Gasteiger partial charge in [0.05, 0.1) is 12.1 Å². The van der Waals surface area contributed by atoms with Gasteiger partial charge in [-0.15, -0.1) is 11.3 Å². The van der Waals surface area contributed by atoms with Crippen LogP contribution in [0.15, 0.2) is 41.5 Å². The number of thiophene rings is 1. The second-order valence-electron chi connectivity index (χ2n) is 5.85. The summed E-state index contributed by atoms with van der Waals surface area (Å²) in [6, 6.07) is 8.35. The second-order valence-corrected chi connectivity index (χ2v) is 6.83. The molecule has 0 bridgehead atoms. The van der Waals surface area contributed by atoms with E-state index in [1.165, 1.54) is 17.4 Å². The Morgan fingerprint density at radius 1 is 1.14 bits per heavy atom. The number of aliphatic carboxylic acids is 1. The first-order valence-corrected chi connectivity index (χ1v) is 9.30. The number of ketones is 1. The van der Waals surface area contributed by atoms with Gasteiger partial charge in [0, 0.05) is 17.0 Å². The molecule has 1 aromatic carbocycles. The van der Waals surface area contributed by atoms with Crippen LogP contribution in [0.25, 0.3) is 6.08 Å². The molecule has 0 aliphatic carbocycles. The molecule has 2 heterocycles. The van der Waals surface area contributed by atoms with Gasteiger partial charge >= 0.3 is 5.97 Å². The first kappa shape index (κ1) is 20.1. The molecule has 3 rings (SSSR count). The maximum Gasteiger partial charge on any atom is 0.322 e. The Hall–Kier alpha value is -3.66. The minimum Gasteiger partial charge on any atom is -0.484 e. The Balaban J connectivity index is 1.51. The molecule has 0 radical (unpaired) electrons. The summed E-state index contributed by atoms with van der Waals surface area (Å²) in [4.78, 5) is 46.7. The van der Waals surface area contributed by atoms with Gasteiger partial charge in [0.2, 0.25) is 11.7 Å². The van der Waals surface area contributed by atoms with Gasteiger partial charge in [-0.05, 0) is 23.6 Å². The van der Waals surface area contributed by atoms with Crippen LogP contribution in [-0.4, -0.2) is 48.4 Å². The van der Waals surface area contributed by atoms with Crippen molar-refractivity contribution in [2.45, 2.75) is 0 Å². The van der Waals surface area contributed by atoms with Crippen molar-refractivity contribution in [2.24, 2.45) is 0 Å². The quantitative estimate of drug-likeness (QED) is 0.549. The largest absolute Gasteiger partial charge is 0.484 e. The highest BCUT2D eigenvalue weighted by atomic mass is 32.1. The molecule has 9 nitrogen and oxygen atoms in total. The number of ether oxygens (including phenoxy) is 2. The Morgan fingerprint density at radius 3 is 2.66 bits per heavy atom. The first-order chi connectivity index (χ1) is 13.9. The molecule has 0 spiro atoms. The summed E-state index contributed by atoms with van der Waals surface area (Å²) in [5.41, 5.74) is 0.403. The predicted molar refractivity (Wildman–Crippen MR) is 103 cm³/mol. The van der Waals surface area contributed by atoms with Crippen molar-refractivity contribution in [1.29, 1.82) is 0 Å². The number of nitrogens with one attached hydrogen (secondary N) is 2. The van der Waals surface area contributed by atoms with Gasteiger partial charge in [0.25, 0.3) is 5.91 Å². The fraction of sp³-hybridized carbons (Fsp3) is 0.158. The molecule has 10 heteroatoms. The number of hydrogen-bond donors (Lipinski definition) is 3. The lowest BCUT2D eigenvalue weighted by molar-refractivity contribution is -0.137. The smallest absolute Gasteiger partial charge is 0.322 e. The average Bonchev–Trinajstić information content (AvgIpc) is 3.31. The van der Waals surface area contributed by atoms with E-state index in [0.717, 1.165) is 4.88 Å². The summed E-state index contributed by atoms with van der Waals surface area (Å²) < 4.78 is 11.0. The summed E-state index contributed by atoms with van der Waals surface area (Å²) in [5, 5.41) is 14.8. The van der Waals surface area contributed by atoms with E-state index in [2.05, 4.69) is 10.6 Å². The number of rotatable bonds is 8. The van der Waals surface area contributed by atoms with Crippen LogP contribution in [0.4, 0.5) is 0 Å². The highest BCUT2D eigenvalue weighted by Crippen LogP contribution is 2.35. The standard InChI is InChI=1S/C19H16N2O7S/c22-16(21-9-18(24)25)8-20-17(23)10-27-11-3-4-13-14(6-11)28-15(19(13)26)7-12-2-1-5-29-12/h1-7H,8-10H2,(H,20,23)(H,21,22)(H,24,25). The zero-order valence-corrected chi connectivity index (χ0v) is 15.8. The number of carbonyl (C=O) groups excluding carboxylic acids is 3. The topological polar surface area (TPSA) is 131 Å². The molecule has 2 aromatic rings. The minimum absolute atomic E-state index is 0.213.